The van der Waals surface area contributed by atoms with Crippen LogP contribution in [-0.4, -0.2) is 10.8 Å². The minimum Gasteiger partial charge on any atom is -0.453 e. The molecule has 6 heteroatoms. The smallest absolute Gasteiger partial charge is 0.247 e. The molecule has 0 N–H and O–H groups in total. The van der Waals surface area contributed by atoms with Gasteiger partial charge in [0.05, 0.1) is 0 Å². The van der Waals surface area contributed by atoms with Crippen LogP contribution in [0, 0.1) is 0 Å². The Balaban J connectivity index is 2.08. The molecule has 0 amide bonds. The number of aromatic nitrogens is 1. The van der Waals surface area contributed by atoms with Gasteiger partial charge in [0.2, 0.25) is 5.78 Å². The van der Waals surface area contributed by atoms with Gasteiger partial charge in [0, 0.05) is 25.6 Å². The van der Waals surface area contributed by atoms with Crippen molar-refractivity contribution in [2.75, 3.05) is 0 Å². The predicted molar refractivity (Wildman–Crippen MR) is 84.3 cm³/mol. The molecule has 3 aromatic rings. The normalized spacial score (nSPS) is 10.9. The molecule has 0 aliphatic heterocycles. The molecule has 0 aliphatic carbocycles. The second-order valence-electron chi connectivity index (χ2n) is 4.11. The molecular formula is C14H6Br2ClNO2. The largest absolute Gasteiger partial charge is 0.453 e. The van der Waals surface area contributed by atoms with Gasteiger partial charge in [-0.05, 0) is 62.2 Å². The average molecular weight is 415 g/mol. The maximum atomic E-state index is 12.4. The average Bonchev–Trinajstić information content (AvgIpc) is 2.81. The van der Waals surface area contributed by atoms with E-state index in [0.717, 1.165) is 9.86 Å². The number of hydrogen-bond donors (Lipinski definition) is 0. The van der Waals surface area contributed by atoms with E-state index in [0.29, 0.717) is 20.8 Å². The molecule has 1 aromatic carbocycles. The summed E-state index contributed by atoms with van der Waals surface area (Å²) in [6.07, 6.45) is 1.57. The predicted octanol–water partition coefficient (Wildman–Crippen LogP) is 5.24. The maximum absolute atomic E-state index is 12.4. The first-order valence-corrected chi connectivity index (χ1v) is 7.56. The third-order valence-electron chi connectivity index (χ3n) is 2.73. The Morgan fingerprint density at radius 2 is 2.00 bits per heavy atom. The number of hydrogen-bond acceptors (Lipinski definition) is 3. The van der Waals surface area contributed by atoms with E-state index in [1.54, 1.807) is 36.5 Å². The van der Waals surface area contributed by atoms with Crippen molar-refractivity contribution in [2.24, 2.45) is 0 Å². The van der Waals surface area contributed by atoms with Crippen LogP contribution >= 0.6 is 43.5 Å². The summed E-state index contributed by atoms with van der Waals surface area (Å²) in [7, 11) is 0. The van der Waals surface area contributed by atoms with Crippen LogP contribution < -0.4 is 0 Å². The minimum atomic E-state index is -0.281. The number of carbonyl (C=O) groups is 1. The van der Waals surface area contributed by atoms with Crippen LogP contribution in [0.25, 0.3) is 11.0 Å². The van der Waals surface area contributed by atoms with E-state index in [9.17, 15) is 4.79 Å². The second kappa shape index (κ2) is 5.31. The summed E-state index contributed by atoms with van der Waals surface area (Å²) in [5.74, 6) is -0.0468. The molecule has 0 saturated carbocycles. The van der Waals surface area contributed by atoms with E-state index < -0.39 is 0 Å². The molecule has 0 spiro atoms. The zero-order valence-corrected chi connectivity index (χ0v) is 13.8. The van der Waals surface area contributed by atoms with Gasteiger partial charge < -0.3 is 4.42 Å². The van der Waals surface area contributed by atoms with E-state index >= 15 is 0 Å². The lowest BCUT2D eigenvalue weighted by Gasteiger charge is -2.00. The monoisotopic (exact) mass is 413 g/mol. The van der Waals surface area contributed by atoms with Crippen LogP contribution in [0.4, 0.5) is 0 Å². The van der Waals surface area contributed by atoms with Crippen molar-refractivity contribution in [2.45, 2.75) is 0 Å². The zero-order valence-electron chi connectivity index (χ0n) is 9.86. The highest BCUT2D eigenvalue weighted by Crippen LogP contribution is 2.27. The summed E-state index contributed by atoms with van der Waals surface area (Å²) >= 11 is 12.5. The first kappa shape index (κ1) is 13.8. The van der Waals surface area contributed by atoms with Crippen molar-refractivity contribution in [3.8, 4) is 0 Å². The van der Waals surface area contributed by atoms with E-state index in [-0.39, 0.29) is 11.5 Å². The van der Waals surface area contributed by atoms with Gasteiger partial charge in [0.1, 0.15) is 11.3 Å². The Kier molecular flexibility index (Phi) is 3.67. The summed E-state index contributed by atoms with van der Waals surface area (Å²) in [4.78, 5) is 16.5. The number of rotatable bonds is 2. The molecule has 3 nitrogen and oxygen atoms in total. The van der Waals surface area contributed by atoms with Gasteiger partial charge in [-0.3, -0.25) is 9.78 Å². The highest BCUT2D eigenvalue weighted by Gasteiger charge is 2.19. The van der Waals surface area contributed by atoms with Crippen molar-refractivity contribution in [1.29, 1.82) is 0 Å². The van der Waals surface area contributed by atoms with Crippen LogP contribution in [0.15, 0.2) is 49.9 Å². The van der Waals surface area contributed by atoms with E-state index in [1.165, 1.54) is 0 Å². The number of fused-ring (bicyclic) bond motifs is 1. The van der Waals surface area contributed by atoms with Gasteiger partial charge in [-0.15, -0.1) is 0 Å². The number of pyridine rings is 1. The van der Waals surface area contributed by atoms with Gasteiger partial charge in [-0.1, -0.05) is 11.6 Å². The Labute approximate surface area is 136 Å². The Morgan fingerprint density at radius 3 is 2.75 bits per heavy atom. The van der Waals surface area contributed by atoms with E-state index in [1.807, 2.05) is 0 Å². The molecule has 0 aliphatic rings. The SMILES string of the molecule is O=C(c1cc2cc(Cl)ccc2o1)c1ncc(Br)cc1Br. The van der Waals surface area contributed by atoms with Gasteiger partial charge in [0.15, 0.2) is 5.76 Å². The Morgan fingerprint density at radius 1 is 1.20 bits per heavy atom. The molecule has 0 bridgehead atoms. The summed E-state index contributed by atoms with van der Waals surface area (Å²) in [6.45, 7) is 0. The Hall–Kier alpha value is -1.17. The highest BCUT2D eigenvalue weighted by molar-refractivity contribution is 9.11. The van der Waals surface area contributed by atoms with Crippen LogP contribution in [0.5, 0.6) is 0 Å². The number of nitrogens with zero attached hydrogens (tertiary/aromatic N) is 1. The molecule has 0 radical (unpaired) electrons. The molecule has 2 heterocycles. The van der Waals surface area contributed by atoms with Crippen molar-refractivity contribution < 1.29 is 9.21 Å². The van der Waals surface area contributed by atoms with E-state index in [4.69, 9.17) is 16.0 Å². The molecule has 0 fully saturated rings. The van der Waals surface area contributed by atoms with Crippen molar-refractivity contribution in [3.63, 3.8) is 0 Å². The van der Waals surface area contributed by atoms with E-state index in [2.05, 4.69) is 36.8 Å². The lowest BCUT2D eigenvalue weighted by molar-refractivity contribution is 0.101. The van der Waals surface area contributed by atoms with Crippen molar-refractivity contribution in [3.05, 3.63) is 62.0 Å². The van der Waals surface area contributed by atoms with Gasteiger partial charge in [-0.2, -0.15) is 0 Å². The van der Waals surface area contributed by atoms with Gasteiger partial charge in [-0.25, -0.2) is 0 Å². The fraction of sp³-hybridized carbons (Fsp3) is 0. The zero-order chi connectivity index (χ0) is 14.3. The number of furan rings is 1. The fourth-order valence-corrected chi connectivity index (χ4v) is 3.17. The lowest BCUT2D eigenvalue weighted by Crippen LogP contribution is -2.03. The molecule has 20 heavy (non-hydrogen) atoms. The second-order valence-corrected chi connectivity index (χ2v) is 6.31. The third-order valence-corrected chi connectivity index (χ3v) is 4.00. The van der Waals surface area contributed by atoms with Gasteiger partial charge >= 0.3 is 0 Å². The number of halogens is 3. The molecule has 0 saturated heterocycles. The maximum Gasteiger partial charge on any atom is 0.247 e. The first-order chi connectivity index (χ1) is 9.54. The summed E-state index contributed by atoms with van der Waals surface area (Å²) < 4.78 is 6.94. The highest BCUT2D eigenvalue weighted by atomic mass is 79.9. The van der Waals surface area contributed by atoms with Crippen molar-refractivity contribution in [1.82, 2.24) is 4.98 Å². The summed E-state index contributed by atoms with van der Waals surface area (Å²) in [5.41, 5.74) is 0.921. The Bertz CT molecular complexity index is 829. The number of benzene rings is 1. The topological polar surface area (TPSA) is 43.1 Å². The minimum absolute atomic E-state index is 0.234. The fourth-order valence-electron chi connectivity index (χ4n) is 1.82. The molecule has 0 unspecified atom stereocenters. The lowest BCUT2D eigenvalue weighted by atomic mass is 10.2. The molecule has 0 atom stereocenters. The first-order valence-electron chi connectivity index (χ1n) is 5.59. The quantitative estimate of drug-likeness (QED) is 0.538. The van der Waals surface area contributed by atoms with Crippen LogP contribution in [0.1, 0.15) is 16.2 Å². The standard InChI is InChI=1S/C14H6Br2ClNO2/c15-8-5-10(16)13(18-6-8)14(19)12-4-7-3-9(17)1-2-11(7)20-12/h1-6H. The molecule has 3 rings (SSSR count). The molecule has 100 valence electrons. The summed E-state index contributed by atoms with van der Waals surface area (Å²) in [5, 5.41) is 1.38. The van der Waals surface area contributed by atoms with Crippen LogP contribution in [-0.2, 0) is 0 Å². The number of carbonyl (C=O) groups excluding carboxylic acids is 1. The van der Waals surface area contributed by atoms with Gasteiger partial charge in [0.25, 0.3) is 0 Å². The third kappa shape index (κ3) is 2.53. The number of ketones is 1. The van der Waals surface area contributed by atoms with Crippen molar-refractivity contribution >= 4 is 60.2 Å². The molecule has 2 aromatic heterocycles. The van der Waals surface area contributed by atoms with Crippen LogP contribution in [0.2, 0.25) is 5.02 Å². The molecular weight excluding hydrogens is 409 g/mol. The van der Waals surface area contributed by atoms with Crippen LogP contribution in [0.3, 0.4) is 0 Å². The summed E-state index contributed by atoms with van der Waals surface area (Å²) in [6, 6.07) is 8.63.